The summed E-state index contributed by atoms with van der Waals surface area (Å²) in [5, 5.41) is 2.99. The van der Waals surface area contributed by atoms with Gasteiger partial charge in [0.2, 0.25) is 0 Å². The van der Waals surface area contributed by atoms with Crippen molar-refractivity contribution in [3.63, 3.8) is 0 Å². The van der Waals surface area contributed by atoms with E-state index in [4.69, 9.17) is 4.74 Å². The highest BCUT2D eigenvalue weighted by Crippen LogP contribution is 2.34. The minimum Gasteiger partial charge on any atom is -0.496 e. The summed E-state index contributed by atoms with van der Waals surface area (Å²) in [7, 11) is 3.55. The van der Waals surface area contributed by atoms with Crippen molar-refractivity contribution in [1.82, 2.24) is 9.97 Å². The number of hydrogen-bond acceptors (Lipinski definition) is 3. The zero-order chi connectivity index (χ0) is 14.0. The minimum atomic E-state index is 0.0349. The van der Waals surface area contributed by atoms with Gasteiger partial charge in [0.05, 0.1) is 19.0 Å². The highest BCUT2D eigenvalue weighted by Gasteiger charge is 2.19. The summed E-state index contributed by atoms with van der Waals surface area (Å²) in [6, 6.07) is 6.21. The number of nitrogens with one attached hydrogen (secondary N) is 2. The summed E-state index contributed by atoms with van der Waals surface area (Å²) in [6.45, 7) is 6.54. The number of nitrogens with zero attached hydrogens (tertiary/aromatic N) is 1. The van der Waals surface area contributed by atoms with Crippen LogP contribution in [0.25, 0.3) is 11.3 Å². The van der Waals surface area contributed by atoms with E-state index in [1.807, 2.05) is 25.4 Å². The lowest BCUT2D eigenvalue weighted by Crippen LogP contribution is -2.12. The number of benzene rings is 1. The first kappa shape index (κ1) is 13.5. The average molecular weight is 259 g/mol. The molecule has 0 amide bonds. The van der Waals surface area contributed by atoms with Gasteiger partial charge in [-0.1, -0.05) is 20.8 Å². The van der Waals surface area contributed by atoms with Crippen molar-refractivity contribution in [2.24, 2.45) is 0 Å². The SMILES string of the molecule is CNc1ncc(-c2ccc(OC)c(C(C)(C)C)c2)[nH]1. The Bertz CT molecular complexity index is 567. The average Bonchev–Trinajstić information content (AvgIpc) is 2.85. The van der Waals surface area contributed by atoms with Crippen molar-refractivity contribution in [2.45, 2.75) is 26.2 Å². The zero-order valence-corrected chi connectivity index (χ0v) is 12.2. The predicted octanol–water partition coefficient (Wildman–Crippen LogP) is 3.42. The van der Waals surface area contributed by atoms with Crippen molar-refractivity contribution in [3.8, 4) is 17.0 Å². The monoisotopic (exact) mass is 259 g/mol. The number of imidazole rings is 1. The van der Waals surface area contributed by atoms with Gasteiger partial charge in [0, 0.05) is 18.2 Å². The zero-order valence-electron chi connectivity index (χ0n) is 12.2. The predicted molar refractivity (Wildman–Crippen MR) is 78.8 cm³/mol. The molecule has 0 aliphatic carbocycles. The van der Waals surface area contributed by atoms with Crippen LogP contribution >= 0.6 is 0 Å². The summed E-state index contributed by atoms with van der Waals surface area (Å²) in [6.07, 6.45) is 1.83. The molecule has 0 atom stereocenters. The Morgan fingerprint density at radius 1 is 1.26 bits per heavy atom. The lowest BCUT2D eigenvalue weighted by atomic mass is 9.85. The molecule has 2 rings (SSSR count). The van der Waals surface area contributed by atoms with Gasteiger partial charge in [-0.05, 0) is 23.6 Å². The van der Waals surface area contributed by atoms with Gasteiger partial charge in [-0.2, -0.15) is 0 Å². The van der Waals surface area contributed by atoms with E-state index in [-0.39, 0.29) is 5.41 Å². The van der Waals surface area contributed by atoms with Crippen LogP contribution < -0.4 is 10.1 Å². The largest absolute Gasteiger partial charge is 0.496 e. The van der Waals surface area contributed by atoms with Gasteiger partial charge in [-0.3, -0.25) is 0 Å². The van der Waals surface area contributed by atoms with Gasteiger partial charge in [-0.15, -0.1) is 0 Å². The van der Waals surface area contributed by atoms with Gasteiger partial charge in [0.25, 0.3) is 0 Å². The van der Waals surface area contributed by atoms with Crippen LogP contribution in [-0.4, -0.2) is 24.1 Å². The second-order valence-corrected chi connectivity index (χ2v) is 5.56. The molecule has 0 bridgehead atoms. The number of hydrogen-bond donors (Lipinski definition) is 2. The van der Waals surface area contributed by atoms with Crippen LogP contribution in [0, 0.1) is 0 Å². The molecular weight excluding hydrogens is 238 g/mol. The molecule has 1 aromatic carbocycles. The molecule has 1 aromatic heterocycles. The van der Waals surface area contributed by atoms with E-state index >= 15 is 0 Å². The number of ether oxygens (including phenoxy) is 1. The second kappa shape index (κ2) is 4.96. The molecule has 0 fully saturated rings. The lowest BCUT2D eigenvalue weighted by molar-refractivity contribution is 0.397. The fourth-order valence-electron chi connectivity index (χ4n) is 2.06. The Morgan fingerprint density at radius 2 is 2.00 bits per heavy atom. The molecule has 0 saturated heterocycles. The van der Waals surface area contributed by atoms with Crippen LogP contribution in [0.5, 0.6) is 5.75 Å². The second-order valence-electron chi connectivity index (χ2n) is 5.56. The van der Waals surface area contributed by atoms with E-state index < -0.39 is 0 Å². The van der Waals surface area contributed by atoms with Gasteiger partial charge in [0.1, 0.15) is 5.75 Å². The van der Waals surface area contributed by atoms with Crippen LogP contribution in [0.4, 0.5) is 5.95 Å². The molecule has 0 spiro atoms. The maximum atomic E-state index is 5.45. The molecule has 0 aliphatic rings. The van der Waals surface area contributed by atoms with Gasteiger partial charge in [0.15, 0.2) is 5.95 Å². The number of rotatable bonds is 3. The minimum absolute atomic E-state index is 0.0349. The first-order valence-electron chi connectivity index (χ1n) is 6.37. The lowest BCUT2D eigenvalue weighted by Gasteiger charge is -2.22. The van der Waals surface area contributed by atoms with Crippen molar-refractivity contribution in [3.05, 3.63) is 30.0 Å². The highest BCUT2D eigenvalue weighted by atomic mass is 16.5. The molecule has 102 valence electrons. The Kier molecular flexibility index (Phi) is 3.51. The quantitative estimate of drug-likeness (QED) is 0.888. The third-order valence-corrected chi connectivity index (χ3v) is 3.13. The van der Waals surface area contributed by atoms with Crippen molar-refractivity contribution in [1.29, 1.82) is 0 Å². The Labute approximate surface area is 114 Å². The standard InChI is InChI=1S/C15H21N3O/c1-15(2,3)11-8-10(6-7-13(11)19-5)12-9-17-14(16-4)18-12/h6-9H,1-5H3,(H2,16,17,18). The van der Waals surface area contributed by atoms with E-state index in [2.05, 4.69) is 42.1 Å². The van der Waals surface area contributed by atoms with Crippen LogP contribution in [0.3, 0.4) is 0 Å². The Morgan fingerprint density at radius 3 is 2.53 bits per heavy atom. The number of methoxy groups -OCH3 is 1. The molecule has 0 radical (unpaired) electrons. The van der Waals surface area contributed by atoms with E-state index in [0.717, 1.165) is 23.0 Å². The summed E-state index contributed by atoms with van der Waals surface area (Å²) in [4.78, 5) is 7.48. The smallest absolute Gasteiger partial charge is 0.200 e. The number of H-pyrrole nitrogens is 1. The first-order chi connectivity index (χ1) is 8.95. The normalized spacial score (nSPS) is 11.4. The van der Waals surface area contributed by atoms with Crippen molar-refractivity contribution < 1.29 is 4.74 Å². The van der Waals surface area contributed by atoms with Gasteiger partial charge in [-0.25, -0.2) is 4.98 Å². The molecule has 4 nitrogen and oxygen atoms in total. The number of anilines is 1. The first-order valence-corrected chi connectivity index (χ1v) is 6.37. The van der Waals surface area contributed by atoms with Crippen LogP contribution in [0.1, 0.15) is 26.3 Å². The topological polar surface area (TPSA) is 49.9 Å². The van der Waals surface area contributed by atoms with Crippen LogP contribution in [0.2, 0.25) is 0 Å². The van der Waals surface area contributed by atoms with Crippen molar-refractivity contribution >= 4 is 5.95 Å². The van der Waals surface area contributed by atoms with Crippen LogP contribution in [0.15, 0.2) is 24.4 Å². The fourth-order valence-corrected chi connectivity index (χ4v) is 2.06. The molecule has 0 saturated carbocycles. The molecule has 2 N–H and O–H groups in total. The summed E-state index contributed by atoms with van der Waals surface area (Å²) >= 11 is 0. The van der Waals surface area contributed by atoms with E-state index in [9.17, 15) is 0 Å². The molecule has 0 unspecified atom stereocenters. The summed E-state index contributed by atoms with van der Waals surface area (Å²) in [5.74, 6) is 1.69. The van der Waals surface area contributed by atoms with Crippen LogP contribution in [-0.2, 0) is 5.41 Å². The van der Waals surface area contributed by atoms with E-state index in [1.54, 1.807) is 7.11 Å². The van der Waals surface area contributed by atoms with E-state index in [0.29, 0.717) is 0 Å². The maximum Gasteiger partial charge on any atom is 0.200 e. The van der Waals surface area contributed by atoms with Crippen molar-refractivity contribution in [2.75, 3.05) is 19.5 Å². The molecule has 4 heteroatoms. The van der Waals surface area contributed by atoms with Gasteiger partial charge >= 0.3 is 0 Å². The number of aromatic nitrogens is 2. The van der Waals surface area contributed by atoms with Gasteiger partial charge < -0.3 is 15.0 Å². The summed E-state index contributed by atoms with van der Waals surface area (Å²) in [5.41, 5.74) is 3.33. The third-order valence-electron chi connectivity index (χ3n) is 3.13. The Hall–Kier alpha value is -1.97. The third kappa shape index (κ3) is 2.72. The Balaban J connectivity index is 2.48. The molecule has 2 aromatic rings. The molecule has 1 heterocycles. The molecule has 19 heavy (non-hydrogen) atoms. The highest BCUT2D eigenvalue weighted by molar-refractivity contribution is 5.64. The maximum absolute atomic E-state index is 5.45. The fraction of sp³-hybridized carbons (Fsp3) is 0.400. The molecule has 0 aliphatic heterocycles. The summed E-state index contributed by atoms with van der Waals surface area (Å²) < 4.78 is 5.45. The van der Waals surface area contributed by atoms with E-state index in [1.165, 1.54) is 5.56 Å². The number of aromatic amines is 1. The molecular formula is C15H21N3O.